The Labute approximate surface area is 315 Å². The van der Waals surface area contributed by atoms with Crippen LogP contribution in [0.4, 0.5) is 0 Å². The molecule has 0 amide bonds. The van der Waals surface area contributed by atoms with Crippen molar-refractivity contribution in [2.24, 2.45) is 23.7 Å². The lowest BCUT2D eigenvalue weighted by Gasteiger charge is -2.61. The van der Waals surface area contributed by atoms with E-state index in [0.29, 0.717) is 0 Å². The van der Waals surface area contributed by atoms with Crippen LogP contribution in [-0.2, 0) is 5.41 Å². The van der Waals surface area contributed by atoms with Crippen molar-refractivity contribution in [1.29, 1.82) is 0 Å². The summed E-state index contributed by atoms with van der Waals surface area (Å²) in [5.41, 5.74) is 16.9. The van der Waals surface area contributed by atoms with Crippen LogP contribution in [0.25, 0.3) is 75.8 Å². The van der Waals surface area contributed by atoms with Gasteiger partial charge in [-0.2, -0.15) is 0 Å². The van der Waals surface area contributed by atoms with Crippen LogP contribution in [0, 0.1) is 23.7 Å². The summed E-state index contributed by atoms with van der Waals surface area (Å²) in [5.74, 6) is 3.28. The molecular formula is C52H40S. The van der Waals surface area contributed by atoms with E-state index >= 15 is 0 Å². The summed E-state index contributed by atoms with van der Waals surface area (Å²) in [6, 6.07) is 60.0. The average Bonchev–Trinajstić information content (AvgIpc) is 3.74. The first-order chi connectivity index (χ1) is 26.2. The first kappa shape index (κ1) is 30.2. The second-order valence-corrected chi connectivity index (χ2v) is 17.5. The second kappa shape index (κ2) is 11.4. The van der Waals surface area contributed by atoms with E-state index in [1.807, 2.05) is 11.3 Å². The topological polar surface area (TPSA) is 0 Å². The van der Waals surface area contributed by atoms with Gasteiger partial charge in [-0.15, -0.1) is 11.3 Å². The molecule has 5 aliphatic carbocycles. The van der Waals surface area contributed by atoms with Gasteiger partial charge in [0.15, 0.2) is 0 Å². The molecule has 0 unspecified atom stereocenters. The number of rotatable bonds is 4. The molecule has 1 aromatic heterocycles. The predicted molar refractivity (Wildman–Crippen MR) is 224 cm³/mol. The highest BCUT2D eigenvalue weighted by atomic mass is 32.1. The van der Waals surface area contributed by atoms with Crippen LogP contribution in [0.2, 0.25) is 0 Å². The smallest absolute Gasteiger partial charge is 0.0433 e. The van der Waals surface area contributed by atoms with Crippen LogP contribution in [0.3, 0.4) is 0 Å². The van der Waals surface area contributed by atoms with Crippen molar-refractivity contribution in [3.8, 4) is 55.6 Å². The zero-order chi connectivity index (χ0) is 34.7. The lowest BCUT2D eigenvalue weighted by atomic mass is 9.42. The molecule has 0 nitrogen and oxygen atoms in total. The van der Waals surface area contributed by atoms with Gasteiger partial charge >= 0.3 is 0 Å². The van der Waals surface area contributed by atoms with Gasteiger partial charge in [0.25, 0.3) is 0 Å². The fourth-order valence-electron chi connectivity index (χ4n) is 12.0. The Kier molecular flexibility index (Phi) is 6.49. The lowest BCUT2D eigenvalue weighted by molar-refractivity contribution is -0.0397. The zero-order valence-corrected chi connectivity index (χ0v) is 30.6. The van der Waals surface area contributed by atoms with Gasteiger partial charge in [-0.1, -0.05) is 140 Å². The first-order valence-electron chi connectivity index (χ1n) is 19.7. The van der Waals surface area contributed by atoms with Crippen molar-refractivity contribution < 1.29 is 0 Å². The third-order valence-corrected chi connectivity index (χ3v) is 15.1. The summed E-state index contributed by atoms with van der Waals surface area (Å²) in [6.07, 6.45) is 7.03. The summed E-state index contributed by atoms with van der Waals surface area (Å²) >= 11 is 1.94. The van der Waals surface area contributed by atoms with Gasteiger partial charge in [-0.25, -0.2) is 0 Å². The number of benzene rings is 7. The van der Waals surface area contributed by atoms with E-state index < -0.39 is 0 Å². The highest BCUT2D eigenvalue weighted by Crippen LogP contribution is 2.70. The van der Waals surface area contributed by atoms with Crippen LogP contribution in [-0.4, -0.2) is 0 Å². The van der Waals surface area contributed by atoms with E-state index in [0.717, 1.165) is 23.7 Å². The minimum absolute atomic E-state index is 0.1000. The van der Waals surface area contributed by atoms with Crippen LogP contribution >= 0.6 is 11.3 Å². The van der Waals surface area contributed by atoms with E-state index in [1.165, 1.54) is 108 Å². The average molecular weight is 697 g/mol. The molecule has 0 atom stereocenters. The molecule has 4 fully saturated rings. The summed E-state index contributed by atoms with van der Waals surface area (Å²) in [7, 11) is 0. The zero-order valence-electron chi connectivity index (χ0n) is 29.8. The maximum atomic E-state index is 2.60. The largest absolute Gasteiger partial charge is 0.135 e. The molecule has 1 heterocycles. The third kappa shape index (κ3) is 4.35. The Morgan fingerprint density at radius 1 is 0.396 bits per heavy atom. The molecule has 8 aromatic rings. The SMILES string of the molecule is c1ccc(-c2ccc(-c3ccc(-c4cc(-c5cccc6c5sc5ccccc56)cc5c4C4(c6ccccc6-5)C5CC6CC(C5)CC4C6)cc3)cc2)cc1. The van der Waals surface area contributed by atoms with Gasteiger partial charge in [0.2, 0.25) is 0 Å². The highest BCUT2D eigenvalue weighted by Gasteiger charge is 2.62. The molecule has 4 bridgehead atoms. The van der Waals surface area contributed by atoms with Crippen molar-refractivity contribution in [2.75, 3.05) is 0 Å². The fraction of sp³-hybridized carbons (Fsp3) is 0.192. The minimum atomic E-state index is 0.1000. The molecule has 1 spiro atoms. The molecule has 4 saturated carbocycles. The molecule has 1 heteroatoms. The molecule has 254 valence electrons. The van der Waals surface area contributed by atoms with Crippen molar-refractivity contribution in [1.82, 2.24) is 0 Å². The van der Waals surface area contributed by atoms with E-state index in [9.17, 15) is 0 Å². The van der Waals surface area contributed by atoms with Crippen LogP contribution in [0.5, 0.6) is 0 Å². The molecule has 7 aromatic carbocycles. The lowest BCUT2D eigenvalue weighted by Crippen LogP contribution is -2.55. The Hall–Kier alpha value is -5.24. The van der Waals surface area contributed by atoms with Crippen molar-refractivity contribution in [2.45, 2.75) is 37.5 Å². The minimum Gasteiger partial charge on any atom is -0.135 e. The molecule has 5 aliphatic rings. The number of hydrogen-bond donors (Lipinski definition) is 0. The Balaban J connectivity index is 1.07. The van der Waals surface area contributed by atoms with Gasteiger partial charge in [0.1, 0.15) is 0 Å². The third-order valence-electron chi connectivity index (χ3n) is 13.9. The van der Waals surface area contributed by atoms with Crippen LogP contribution < -0.4 is 0 Å². The van der Waals surface area contributed by atoms with Gasteiger partial charge in [0, 0.05) is 25.6 Å². The van der Waals surface area contributed by atoms with Gasteiger partial charge < -0.3 is 0 Å². The monoisotopic (exact) mass is 696 g/mol. The quantitative estimate of drug-likeness (QED) is 0.172. The molecular weight excluding hydrogens is 657 g/mol. The molecule has 0 aliphatic heterocycles. The second-order valence-electron chi connectivity index (χ2n) is 16.5. The van der Waals surface area contributed by atoms with Crippen LogP contribution in [0.1, 0.15) is 43.2 Å². The molecule has 0 saturated heterocycles. The highest BCUT2D eigenvalue weighted by molar-refractivity contribution is 7.26. The van der Waals surface area contributed by atoms with E-state index in [-0.39, 0.29) is 5.41 Å². The summed E-state index contributed by atoms with van der Waals surface area (Å²) in [4.78, 5) is 0. The van der Waals surface area contributed by atoms with Crippen molar-refractivity contribution in [3.63, 3.8) is 0 Å². The molecule has 0 radical (unpaired) electrons. The maximum absolute atomic E-state index is 2.60. The Morgan fingerprint density at radius 3 is 1.66 bits per heavy atom. The first-order valence-corrected chi connectivity index (χ1v) is 20.5. The summed E-state index contributed by atoms with van der Waals surface area (Å²) in [6.45, 7) is 0. The van der Waals surface area contributed by atoms with E-state index in [1.54, 1.807) is 11.1 Å². The van der Waals surface area contributed by atoms with E-state index in [2.05, 4.69) is 158 Å². The van der Waals surface area contributed by atoms with Gasteiger partial charge in [-0.3, -0.25) is 0 Å². The van der Waals surface area contributed by atoms with Crippen LogP contribution in [0.15, 0.2) is 158 Å². The Morgan fingerprint density at radius 2 is 0.943 bits per heavy atom. The fourth-order valence-corrected chi connectivity index (χ4v) is 13.2. The normalized spacial score (nSPS) is 23.5. The summed E-state index contributed by atoms with van der Waals surface area (Å²) < 4.78 is 2.76. The number of thiophene rings is 1. The van der Waals surface area contributed by atoms with Gasteiger partial charge in [-0.05, 0) is 141 Å². The standard InChI is InChI=1S/C52H40S/c1-2-9-34(10-3-1)35-17-19-36(20-18-35)37-21-23-38(24-22-37)46-30-39(42-13-8-14-45-44-12-5-7-16-49(44)53-51(42)45)31-47-43-11-4-6-15-48(43)52(50(46)47)40-26-32-25-33(28-40)29-41(52)27-32/h1-24,30-33,40-41H,25-29H2. The van der Waals surface area contributed by atoms with E-state index in [4.69, 9.17) is 0 Å². The molecule has 13 rings (SSSR count). The molecule has 53 heavy (non-hydrogen) atoms. The Bertz CT molecular complexity index is 2680. The molecule has 0 N–H and O–H groups in total. The maximum Gasteiger partial charge on any atom is 0.0433 e. The van der Waals surface area contributed by atoms with Crippen molar-refractivity contribution >= 4 is 31.5 Å². The van der Waals surface area contributed by atoms with Crippen molar-refractivity contribution in [3.05, 3.63) is 169 Å². The van der Waals surface area contributed by atoms with Gasteiger partial charge in [0.05, 0.1) is 0 Å². The summed E-state index contributed by atoms with van der Waals surface area (Å²) in [5, 5.41) is 2.73. The number of hydrogen-bond acceptors (Lipinski definition) is 1. The predicted octanol–water partition coefficient (Wildman–Crippen LogP) is 14.4. The number of fused-ring (bicyclic) bond motifs is 6.